The number of primary amides is 1. The molecule has 1 atom stereocenters. The first-order valence-electron chi connectivity index (χ1n) is 5.68. The fourth-order valence-electron chi connectivity index (χ4n) is 1.28. The van der Waals surface area contributed by atoms with Gasteiger partial charge in [-0.25, -0.2) is 4.79 Å². The fraction of sp³-hybridized carbons (Fsp3) is 0.818. The highest BCUT2D eigenvalue weighted by atomic mass is 16.2. The SMILES string of the molecule is CC(C)CCNC(=O)[C@H](NC(N)=O)C(C)C. The summed E-state index contributed by atoms with van der Waals surface area (Å²) in [6, 6.07) is -1.22. The Morgan fingerprint density at radius 3 is 2.12 bits per heavy atom. The molecule has 3 amide bonds. The average Bonchev–Trinajstić information content (AvgIpc) is 2.12. The Balaban J connectivity index is 4.12. The van der Waals surface area contributed by atoms with Gasteiger partial charge in [-0.05, 0) is 18.3 Å². The Bertz CT molecular complexity index is 239. The summed E-state index contributed by atoms with van der Waals surface area (Å²) in [7, 11) is 0. The molecule has 0 aromatic heterocycles. The molecule has 16 heavy (non-hydrogen) atoms. The van der Waals surface area contributed by atoms with E-state index in [1.807, 2.05) is 13.8 Å². The summed E-state index contributed by atoms with van der Waals surface area (Å²) >= 11 is 0. The van der Waals surface area contributed by atoms with Crippen molar-refractivity contribution in [2.45, 2.75) is 40.2 Å². The van der Waals surface area contributed by atoms with Crippen LogP contribution in [0.5, 0.6) is 0 Å². The van der Waals surface area contributed by atoms with Gasteiger partial charge in [-0.2, -0.15) is 0 Å². The second kappa shape index (κ2) is 7.09. The molecule has 0 aliphatic carbocycles. The molecule has 0 bridgehead atoms. The highest BCUT2D eigenvalue weighted by molar-refractivity contribution is 5.86. The molecule has 0 radical (unpaired) electrons. The number of carbonyl (C=O) groups excluding carboxylic acids is 2. The zero-order valence-electron chi connectivity index (χ0n) is 10.5. The Kier molecular flexibility index (Phi) is 6.53. The maximum atomic E-state index is 11.7. The van der Waals surface area contributed by atoms with Crippen LogP contribution in [0.3, 0.4) is 0 Å². The van der Waals surface area contributed by atoms with Gasteiger partial charge in [-0.3, -0.25) is 4.79 Å². The molecule has 0 unspecified atom stereocenters. The molecule has 94 valence electrons. The Labute approximate surface area is 97.2 Å². The van der Waals surface area contributed by atoms with Gasteiger partial charge < -0.3 is 16.4 Å². The number of urea groups is 1. The third-order valence-electron chi connectivity index (χ3n) is 2.27. The zero-order chi connectivity index (χ0) is 12.7. The second-order valence-electron chi connectivity index (χ2n) is 4.70. The molecule has 0 aromatic carbocycles. The van der Waals surface area contributed by atoms with E-state index in [1.54, 1.807) is 0 Å². The van der Waals surface area contributed by atoms with Gasteiger partial charge in [0.25, 0.3) is 0 Å². The van der Waals surface area contributed by atoms with Gasteiger partial charge in [0.1, 0.15) is 6.04 Å². The van der Waals surface area contributed by atoms with E-state index in [2.05, 4.69) is 24.5 Å². The highest BCUT2D eigenvalue weighted by Gasteiger charge is 2.22. The smallest absolute Gasteiger partial charge is 0.312 e. The summed E-state index contributed by atoms with van der Waals surface area (Å²) in [6.07, 6.45) is 0.924. The van der Waals surface area contributed by atoms with Gasteiger partial charge in [0, 0.05) is 6.54 Å². The monoisotopic (exact) mass is 229 g/mol. The number of carbonyl (C=O) groups is 2. The number of nitrogens with one attached hydrogen (secondary N) is 2. The lowest BCUT2D eigenvalue weighted by molar-refractivity contribution is -0.123. The Morgan fingerprint density at radius 2 is 1.75 bits per heavy atom. The van der Waals surface area contributed by atoms with Gasteiger partial charge >= 0.3 is 6.03 Å². The first-order chi connectivity index (χ1) is 7.34. The van der Waals surface area contributed by atoms with Crippen LogP contribution in [0.1, 0.15) is 34.1 Å². The topological polar surface area (TPSA) is 84.2 Å². The predicted molar refractivity (Wildman–Crippen MR) is 63.8 cm³/mol. The van der Waals surface area contributed by atoms with E-state index >= 15 is 0 Å². The normalized spacial score (nSPS) is 12.6. The number of hydrogen-bond donors (Lipinski definition) is 3. The van der Waals surface area contributed by atoms with Crippen LogP contribution in [0.25, 0.3) is 0 Å². The number of rotatable bonds is 6. The zero-order valence-corrected chi connectivity index (χ0v) is 10.5. The molecule has 0 rings (SSSR count). The molecule has 0 fully saturated rings. The number of hydrogen-bond acceptors (Lipinski definition) is 2. The minimum Gasteiger partial charge on any atom is -0.354 e. The summed E-state index contributed by atoms with van der Waals surface area (Å²) in [5.74, 6) is 0.392. The molecule has 0 saturated heterocycles. The number of nitrogens with two attached hydrogens (primary N) is 1. The molecule has 0 aliphatic heterocycles. The molecule has 0 heterocycles. The van der Waals surface area contributed by atoms with Gasteiger partial charge in [0.15, 0.2) is 0 Å². The minimum atomic E-state index is -0.669. The lowest BCUT2D eigenvalue weighted by Gasteiger charge is -2.20. The van der Waals surface area contributed by atoms with Crippen molar-refractivity contribution in [1.29, 1.82) is 0 Å². The van der Waals surface area contributed by atoms with Crippen molar-refractivity contribution in [2.75, 3.05) is 6.54 Å². The molecule has 5 heteroatoms. The molecule has 0 saturated carbocycles. The van der Waals surface area contributed by atoms with Crippen molar-refractivity contribution in [3.8, 4) is 0 Å². The van der Waals surface area contributed by atoms with Crippen molar-refractivity contribution >= 4 is 11.9 Å². The average molecular weight is 229 g/mol. The summed E-state index contributed by atoms with van der Waals surface area (Å²) in [5.41, 5.74) is 5.02. The summed E-state index contributed by atoms with van der Waals surface area (Å²) in [4.78, 5) is 22.5. The van der Waals surface area contributed by atoms with Crippen molar-refractivity contribution in [3.63, 3.8) is 0 Å². The summed E-state index contributed by atoms with van der Waals surface area (Å²) < 4.78 is 0. The largest absolute Gasteiger partial charge is 0.354 e. The maximum Gasteiger partial charge on any atom is 0.312 e. The minimum absolute atomic E-state index is 0.0200. The van der Waals surface area contributed by atoms with Crippen LogP contribution in [0, 0.1) is 11.8 Å². The second-order valence-corrected chi connectivity index (χ2v) is 4.70. The Morgan fingerprint density at radius 1 is 1.19 bits per heavy atom. The molecule has 4 N–H and O–H groups in total. The molecular weight excluding hydrogens is 206 g/mol. The third kappa shape index (κ3) is 6.27. The lowest BCUT2D eigenvalue weighted by Crippen LogP contribution is -2.51. The van der Waals surface area contributed by atoms with Crippen LogP contribution in [0.2, 0.25) is 0 Å². The van der Waals surface area contributed by atoms with Crippen LogP contribution < -0.4 is 16.4 Å². The molecule has 0 spiro atoms. The van der Waals surface area contributed by atoms with E-state index in [0.29, 0.717) is 12.5 Å². The van der Waals surface area contributed by atoms with Gasteiger partial charge in [0.05, 0.1) is 0 Å². The predicted octanol–water partition coefficient (Wildman–Crippen LogP) is 0.842. The van der Waals surface area contributed by atoms with Crippen LogP contribution in [-0.4, -0.2) is 24.5 Å². The van der Waals surface area contributed by atoms with Crippen LogP contribution in [-0.2, 0) is 4.79 Å². The van der Waals surface area contributed by atoms with E-state index in [4.69, 9.17) is 5.73 Å². The molecule has 5 nitrogen and oxygen atoms in total. The van der Waals surface area contributed by atoms with Gasteiger partial charge in [0.2, 0.25) is 5.91 Å². The fourth-order valence-corrected chi connectivity index (χ4v) is 1.28. The van der Waals surface area contributed by atoms with E-state index < -0.39 is 12.1 Å². The standard InChI is InChI=1S/C11H23N3O2/c1-7(2)5-6-13-10(15)9(8(3)4)14-11(12)16/h7-9H,5-6H2,1-4H3,(H,13,15)(H3,12,14,16)/t9-/m1/s1. The van der Waals surface area contributed by atoms with Crippen molar-refractivity contribution in [1.82, 2.24) is 10.6 Å². The van der Waals surface area contributed by atoms with Crippen molar-refractivity contribution in [2.24, 2.45) is 17.6 Å². The van der Waals surface area contributed by atoms with Crippen LogP contribution in [0.4, 0.5) is 4.79 Å². The van der Waals surface area contributed by atoms with Crippen molar-refractivity contribution in [3.05, 3.63) is 0 Å². The summed E-state index contributed by atoms with van der Waals surface area (Å²) in [5, 5.41) is 5.24. The van der Waals surface area contributed by atoms with Gasteiger partial charge in [-0.1, -0.05) is 27.7 Å². The number of amides is 3. The van der Waals surface area contributed by atoms with E-state index in [0.717, 1.165) is 6.42 Å². The molecule has 0 aliphatic rings. The summed E-state index contributed by atoms with van der Waals surface area (Å²) in [6.45, 7) is 8.53. The van der Waals surface area contributed by atoms with Gasteiger partial charge in [-0.15, -0.1) is 0 Å². The lowest BCUT2D eigenvalue weighted by atomic mass is 10.0. The Hall–Kier alpha value is -1.26. The quantitative estimate of drug-likeness (QED) is 0.630. The molecular formula is C11H23N3O2. The van der Waals surface area contributed by atoms with Crippen LogP contribution >= 0.6 is 0 Å². The third-order valence-corrected chi connectivity index (χ3v) is 2.27. The van der Waals surface area contributed by atoms with E-state index in [9.17, 15) is 9.59 Å². The van der Waals surface area contributed by atoms with Crippen molar-refractivity contribution < 1.29 is 9.59 Å². The first-order valence-corrected chi connectivity index (χ1v) is 5.68. The van der Waals surface area contributed by atoms with E-state index in [-0.39, 0.29) is 11.8 Å². The first kappa shape index (κ1) is 14.7. The van der Waals surface area contributed by atoms with E-state index in [1.165, 1.54) is 0 Å². The molecule has 0 aromatic rings. The maximum absolute atomic E-state index is 11.7. The highest BCUT2D eigenvalue weighted by Crippen LogP contribution is 2.02. The van der Waals surface area contributed by atoms with Crippen LogP contribution in [0.15, 0.2) is 0 Å².